The van der Waals surface area contributed by atoms with Gasteiger partial charge < -0.3 is 0 Å². The topological polar surface area (TPSA) is 12.4 Å². The van der Waals surface area contributed by atoms with Gasteiger partial charge in [0, 0.05) is 12.3 Å². The van der Waals surface area contributed by atoms with E-state index in [1.54, 1.807) is 0 Å². The van der Waals surface area contributed by atoms with Crippen molar-refractivity contribution >= 4 is 5.71 Å². The molecule has 1 unspecified atom stereocenters. The molecule has 0 fully saturated rings. The zero-order valence-corrected chi connectivity index (χ0v) is 12.6. The van der Waals surface area contributed by atoms with Crippen LogP contribution in [0.4, 0.5) is 0 Å². The summed E-state index contributed by atoms with van der Waals surface area (Å²) in [5.41, 5.74) is 2.71. The molecule has 0 heterocycles. The highest BCUT2D eigenvalue weighted by Gasteiger charge is 2.01. The summed E-state index contributed by atoms with van der Waals surface area (Å²) in [5, 5.41) is 0. The Hall–Kier alpha value is -1.37. The Balaban J connectivity index is 2.21. The minimum atomic E-state index is 0.703. The van der Waals surface area contributed by atoms with Gasteiger partial charge in [0.05, 0.1) is 0 Å². The van der Waals surface area contributed by atoms with Gasteiger partial charge in [-0.25, -0.2) is 0 Å². The number of allylic oxidation sites excluding steroid dienone is 2. The van der Waals surface area contributed by atoms with Crippen molar-refractivity contribution in [2.45, 2.75) is 46.5 Å². The second-order valence-corrected chi connectivity index (χ2v) is 5.32. The van der Waals surface area contributed by atoms with E-state index < -0.39 is 0 Å². The van der Waals surface area contributed by atoms with Gasteiger partial charge in [0.2, 0.25) is 0 Å². The first-order valence-electron chi connectivity index (χ1n) is 7.37. The molecule has 104 valence electrons. The number of rotatable bonds is 8. The van der Waals surface area contributed by atoms with Crippen LogP contribution in [0.25, 0.3) is 0 Å². The van der Waals surface area contributed by atoms with E-state index >= 15 is 0 Å². The van der Waals surface area contributed by atoms with E-state index in [0.717, 1.165) is 32.2 Å². The predicted octanol–water partition coefficient (Wildman–Crippen LogP) is 5.07. The minimum absolute atomic E-state index is 0.703. The predicted molar refractivity (Wildman–Crippen MR) is 86.0 cm³/mol. The maximum atomic E-state index is 4.68. The van der Waals surface area contributed by atoms with E-state index in [9.17, 15) is 0 Å². The molecular formula is C18H27N. The third kappa shape index (κ3) is 7.61. The summed E-state index contributed by atoms with van der Waals surface area (Å²) in [6.07, 6.45) is 8.93. The Bertz CT molecular complexity index is 389. The van der Waals surface area contributed by atoms with Gasteiger partial charge >= 0.3 is 0 Å². The molecule has 1 rings (SSSR count). The highest BCUT2D eigenvalue weighted by Crippen LogP contribution is 2.10. The van der Waals surface area contributed by atoms with Gasteiger partial charge in [-0.15, -0.1) is 0 Å². The molecule has 0 amide bonds. The molecule has 0 aromatic heterocycles. The van der Waals surface area contributed by atoms with Crippen LogP contribution >= 0.6 is 0 Å². The second-order valence-electron chi connectivity index (χ2n) is 5.32. The largest absolute Gasteiger partial charge is 0.294 e. The van der Waals surface area contributed by atoms with Crippen LogP contribution in [0.15, 0.2) is 47.5 Å². The summed E-state index contributed by atoms with van der Waals surface area (Å²) >= 11 is 0. The maximum absolute atomic E-state index is 4.68. The van der Waals surface area contributed by atoms with Crippen LogP contribution in [0.2, 0.25) is 0 Å². The molecule has 1 aromatic carbocycles. The lowest BCUT2D eigenvalue weighted by Gasteiger charge is -2.08. The smallest absolute Gasteiger partial charge is 0.0391 e. The highest BCUT2D eigenvalue weighted by atomic mass is 14.7. The fourth-order valence-corrected chi connectivity index (χ4v) is 2.22. The van der Waals surface area contributed by atoms with E-state index in [0.29, 0.717) is 5.92 Å². The van der Waals surface area contributed by atoms with Crippen LogP contribution in [0.5, 0.6) is 0 Å². The molecule has 0 radical (unpaired) electrons. The molecule has 0 bridgehead atoms. The van der Waals surface area contributed by atoms with Crippen LogP contribution in [-0.4, -0.2) is 12.3 Å². The molecule has 0 N–H and O–H groups in total. The van der Waals surface area contributed by atoms with Crippen LogP contribution in [0.1, 0.15) is 45.6 Å². The van der Waals surface area contributed by atoms with Crippen molar-refractivity contribution in [3.8, 4) is 0 Å². The molecule has 0 aliphatic carbocycles. The summed E-state index contributed by atoms with van der Waals surface area (Å²) in [5.74, 6) is 0.703. The van der Waals surface area contributed by atoms with Crippen molar-refractivity contribution < 1.29 is 0 Å². The minimum Gasteiger partial charge on any atom is -0.294 e. The number of aryl methyl sites for hydroxylation is 1. The number of hydrogen-bond acceptors (Lipinski definition) is 1. The molecular weight excluding hydrogens is 230 g/mol. The quantitative estimate of drug-likeness (QED) is 0.350. The van der Waals surface area contributed by atoms with Crippen LogP contribution in [0.3, 0.4) is 0 Å². The molecule has 19 heavy (non-hydrogen) atoms. The Morgan fingerprint density at radius 3 is 2.68 bits per heavy atom. The highest BCUT2D eigenvalue weighted by molar-refractivity contribution is 5.82. The summed E-state index contributed by atoms with van der Waals surface area (Å²) in [4.78, 5) is 4.68. The Morgan fingerprint density at radius 1 is 1.26 bits per heavy atom. The molecule has 0 spiro atoms. The molecule has 1 atom stereocenters. The molecule has 1 nitrogen and oxygen atoms in total. The zero-order valence-electron chi connectivity index (χ0n) is 12.6. The lowest BCUT2D eigenvalue weighted by Crippen LogP contribution is -2.02. The molecule has 1 heteroatoms. The van der Waals surface area contributed by atoms with Crippen molar-refractivity contribution in [1.82, 2.24) is 0 Å². The van der Waals surface area contributed by atoms with Crippen molar-refractivity contribution in [2.24, 2.45) is 10.9 Å². The van der Waals surface area contributed by atoms with Crippen molar-refractivity contribution in [1.29, 1.82) is 0 Å². The Kier molecular flexibility index (Phi) is 7.88. The van der Waals surface area contributed by atoms with Crippen LogP contribution < -0.4 is 0 Å². The standard InChI is InChI=1S/C18H27N/c1-4-5-10-16(2)15-17(3)19-14-9-13-18-11-7-6-8-12-18/h4-8,11-12,16H,9-10,13-15H2,1-3H3. The summed E-state index contributed by atoms with van der Waals surface area (Å²) in [6.45, 7) is 7.49. The SMILES string of the molecule is CC=CCC(C)CC(C)=NCCCc1ccccc1. The van der Waals surface area contributed by atoms with Crippen LogP contribution in [-0.2, 0) is 6.42 Å². The lowest BCUT2D eigenvalue weighted by molar-refractivity contribution is 0.616. The number of benzene rings is 1. The fraction of sp³-hybridized carbons (Fsp3) is 0.500. The van der Waals surface area contributed by atoms with Crippen molar-refractivity contribution in [3.05, 3.63) is 48.0 Å². The van der Waals surface area contributed by atoms with Gasteiger partial charge in [0.25, 0.3) is 0 Å². The van der Waals surface area contributed by atoms with E-state index in [-0.39, 0.29) is 0 Å². The van der Waals surface area contributed by atoms with E-state index in [4.69, 9.17) is 0 Å². The monoisotopic (exact) mass is 257 g/mol. The molecule has 0 saturated heterocycles. The number of nitrogens with zero attached hydrogens (tertiary/aromatic N) is 1. The third-order valence-electron chi connectivity index (χ3n) is 3.27. The molecule has 1 aromatic rings. The Labute approximate surface area is 118 Å². The average Bonchev–Trinajstić information content (AvgIpc) is 2.42. The lowest BCUT2D eigenvalue weighted by atomic mass is 10.0. The normalized spacial score (nSPS) is 13.9. The summed E-state index contributed by atoms with van der Waals surface area (Å²) in [7, 11) is 0. The van der Waals surface area contributed by atoms with Gasteiger partial charge in [-0.1, -0.05) is 49.4 Å². The first-order valence-corrected chi connectivity index (χ1v) is 7.37. The van der Waals surface area contributed by atoms with E-state index in [2.05, 4.69) is 68.2 Å². The molecule has 0 aliphatic rings. The number of aliphatic imine (C=N–C) groups is 1. The first-order chi connectivity index (χ1) is 9.22. The van der Waals surface area contributed by atoms with Crippen molar-refractivity contribution in [2.75, 3.05) is 6.54 Å². The Morgan fingerprint density at radius 2 is 2.00 bits per heavy atom. The van der Waals surface area contributed by atoms with Gasteiger partial charge in [0.1, 0.15) is 0 Å². The van der Waals surface area contributed by atoms with E-state index in [1.807, 2.05) is 0 Å². The fourth-order valence-electron chi connectivity index (χ4n) is 2.22. The maximum Gasteiger partial charge on any atom is 0.0391 e. The van der Waals surface area contributed by atoms with Crippen molar-refractivity contribution in [3.63, 3.8) is 0 Å². The van der Waals surface area contributed by atoms with Gasteiger partial charge in [-0.2, -0.15) is 0 Å². The summed E-state index contributed by atoms with van der Waals surface area (Å²) in [6, 6.07) is 10.7. The average molecular weight is 257 g/mol. The second kappa shape index (κ2) is 9.55. The van der Waals surface area contributed by atoms with Gasteiger partial charge in [-0.3, -0.25) is 4.99 Å². The molecule has 0 aliphatic heterocycles. The first kappa shape index (κ1) is 15.7. The van der Waals surface area contributed by atoms with Gasteiger partial charge in [-0.05, 0) is 51.0 Å². The summed E-state index contributed by atoms with van der Waals surface area (Å²) < 4.78 is 0. The number of hydrogen-bond donors (Lipinski definition) is 0. The van der Waals surface area contributed by atoms with Crippen LogP contribution in [0, 0.1) is 5.92 Å². The molecule has 0 saturated carbocycles. The third-order valence-corrected chi connectivity index (χ3v) is 3.27. The van der Waals surface area contributed by atoms with E-state index in [1.165, 1.54) is 11.3 Å². The zero-order chi connectivity index (χ0) is 13.9. The van der Waals surface area contributed by atoms with Gasteiger partial charge in [0.15, 0.2) is 0 Å².